The zero-order valence-electron chi connectivity index (χ0n) is 18.8. The van der Waals surface area contributed by atoms with Gasteiger partial charge in [-0.2, -0.15) is 0 Å². The number of hydrogen-bond donors (Lipinski definition) is 0. The number of anilines is 1. The van der Waals surface area contributed by atoms with Crippen LogP contribution in [-0.2, 0) is 6.54 Å². The molecule has 7 heteroatoms. The number of aromatic nitrogens is 1. The van der Waals surface area contributed by atoms with Crippen LogP contribution in [0.25, 0.3) is 10.9 Å². The number of hydrogen-bond acceptors (Lipinski definition) is 4. The van der Waals surface area contributed by atoms with Crippen molar-refractivity contribution >= 4 is 40.0 Å². The SMILES string of the molecule is COc1ccc(Cl)cc1N(C)C(=O)c1c2c(nc3ccccc13)C(=O)N(C1CCCCC1)C2. The Bertz CT molecular complexity index is 1250. The van der Waals surface area contributed by atoms with E-state index in [1.54, 1.807) is 37.3 Å². The van der Waals surface area contributed by atoms with Gasteiger partial charge in [0, 0.05) is 35.6 Å². The fraction of sp³-hybridized carbons (Fsp3) is 0.346. The predicted molar refractivity (Wildman–Crippen MR) is 129 cm³/mol. The minimum atomic E-state index is -0.219. The number of pyridine rings is 1. The molecule has 3 aromatic rings. The van der Waals surface area contributed by atoms with Crippen LogP contribution in [0.15, 0.2) is 42.5 Å². The first kappa shape index (κ1) is 21.7. The second-order valence-electron chi connectivity index (χ2n) is 8.74. The van der Waals surface area contributed by atoms with Gasteiger partial charge in [-0.3, -0.25) is 9.59 Å². The first-order chi connectivity index (χ1) is 16.0. The summed E-state index contributed by atoms with van der Waals surface area (Å²) in [6, 6.07) is 12.9. The molecule has 0 bridgehead atoms. The van der Waals surface area contributed by atoms with Gasteiger partial charge in [0.2, 0.25) is 0 Å². The second-order valence-corrected chi connectivity index (χ2v) is 9.17. The predicted octanol–water partition coefficient (Wildman–Crippen LogP) is 5.46. The van der Waals surface area contributed by atoms with E-state index in [0.29, 0.717) is 45.3 Å². The molecule has 1 fully saturated rings. The van der Waals surface area contributed by atoms with Crippen LogP contribution in [-0.4, -0.2) is 41.9 Å². The number of fused-ring (bicyclic) bond motifs is 2. The van der Waals surface area contributed by atoms with Gasteiger partial charge in [0.1, 0.15) is 11.4 Å². The zero-order chi connectivity index (χ0) is 23.1. The summed E-state index contributed by atoms with van der Waals surface area (Å²) in [6.45, 7) is 0.415. The standard InChI is InChI=1S/C26H26ClN3O3/c1-29(21-14-16(27)12-13-22(21)33-2)25(31)23-18-10-6-7-11-20(18)28-24-19(23)15-30(26(24)32)17-8-4-3-5-9-17/h6-7,10-14,17H,3-5,8-9,15H2,1-2H3. The third-order valence-electron chi connectivity index (χ3n) is 6.82. The van der Waals surface area contributed by atoms with Crippen molar-refractivity contribution in [2.75, 3.05) is 19.1 Å². The van der Waals surface area contributed by atoms with Crippen LogP contribution in [0, 0.1) is 0 Å². The Labute approximate surface area is 198 Å². The number of nitrogens with zero attached hydrogens (tertiary/aromatic N) is 3. The van der Waals surface area contributed by atoms with E-state index in [-0.39, 0.29) is 17.9 Å². The van der Waals surface area contributed by atoms with E-state index in [1.807, 2.05) is 29.2 Å². The molecule has 0 saturated heterocycles. The molecule has 1 saturated carbocycles. The van der Waals surface area contributed by atoms with Gasteiger partial charge >= 0.3 is 0 Å². The molecular weight excluding hydrogens is 438 g/mol. The van der Waals surface area contributed by atoms with E-state index in [2.05, 4.69) is 0 Å². The first-order valence-corrected chi connectivity index (χ1v) is 11.7. The van der Waals surface area contributed by atoms with Gasteiger partial charge in [-0.1, -0.05) is 49.1 Å². The summed E-state index contributed by atoms with van der Waals surface area (Å²) in [5.41, 5.74) is 2.84. The fourth-order valence-corrected chi connectivity index (χ4v) is 5.26. The number of carbonyl (C=O) groups excluding carboxylic acids is 2. The van der Waals surface area contributed by atoms with E-state index in [4.69, 9.17) is 21.3 Å². The van der Waals surface area contributed by atoms with Crippen molar-refractivity contribution in [1.29, 1.82) is 0 Å². The molecule has 170 valence electrons. The Morgan fingerprint density at radius 3 is 2.67 bits per heavy atom. The summed E-state index contributed by atoms with van der Waals surface area (Å²) in [7, 11) is 3.26. The molecule has 6 nitrogen and oxygen atoms in total. The highest BCUT2D eigenvalue weighted by molar-refractivity contribution is 6.31. The molecular formula is C26H26ClN3O3. The van der Waals surface area contributed by atoms with Crippen molar-refractivity contribution in [3.8, 4) is 5.75 Å². The Kier molecular flexibility index (Phi) is 5.71. The van der Waals surface area contributed by atoms with E-state index < -0.39 is 0 Å². The van der Waals surface area contributed by atoms with Gasteiger partial charge in [-0.15, -0.1) is 0 Å². The molecule has 0 unspecified atom stereocenters. The van der Waals surface area contributed by atoms with Crippen LogP contribution in [0.2, 0.25) is 5.02 Å². The second kappa shape index (κ2) is 8.67. The summed E-state index contributed by atoms with van der Waals surface area (Å²) < 4.78 is 5.47. The van der Waals surface area contributed by atoms with Gasteiger partial charge < -0.3 is 14.5 Å². The van der Waals surface area contributed by atoms with E-state index >= 15 is 0 Å². The Hall–Kier alpha value is -3.12. The molecule has 1 aliphatic carbocycles. The van der Waals surface area contributed by atoms with Crippen molar-refractivity contribution in [1.82, 2.24) is 9.88 Å². The van der Waals surface area contributed by atoms with Gasteiger partial charge in [-0.25, -0.2) is 4.98 Å². The lowest BCUT2D eigenvalue weighted by Crippen LogP contribution is -2.37. The van der Waals surface area contributed by atoms with Crippen molar-refractivity contribution in [3.05, 3.63) is 64.3 Å². The molecule has 0 atom stereocenters. The first-order valence-electron chi connectivity index (χ1n) is 11.3. The van der Waals surface area contributed by atoms with Crippen molar-refractivity contribution in [2.24, 2.45) is 0 Å². The van der Waals surface area contributed by atoms with Crippen molar-refractivity contribution in [2.45, 2.75) is 44.7 Å². The number of carbonyl (C=O) groups is 2. The monoisotopic (exact) mass is 463 g/mol. The summed E-state index contributed by atoms with van der Waals surface area (Å²) in [5, 5.41) is 1.25. The lowest BCUT2D eigenvalue weighted by atomic mass is 9.94. The molecule has 0 radical (unpaired) electrons. The van der Waals surface area contributed by atoms with Gasteiger partial charge in [0.25, 0.3) is 11.8 Å². The minimum Gasteiger partial charge on any atom is -0.495 e. The maximum atomic E-state index is 14.0. The van der Waals surface area contributed by atoms with Crippen LogP contribution in [0.1, 0.15) is 58.5 Å². The van der Waals surface area contributed by atoms with E-state index in [0.717, 1.165) is 31.1 Å². The zero-order valence-corrected chi connectivity index (χ0v) is 19.6. The normalized spacial score (nSPS) is 16.2. The number of rotatable bonds is 4. The Morgan fingerprint density at radius 1 is 1.15 bits per heavy atom. The molecule has 33 heavy (non-hydrogen) atoms. The van der Waals surface area contributed by atoms with Crippen molar-refractivity contribution < 1.29 is 14.3 Å². The third kappa shape index (κ3) is 3.72. The smallest absolute Gasteiger partial charge is 0.273 e. The van der Waals surface area contributed by atoms with Gasteiger partial charge in [0.15, 0.2) is 0 Å². The van der Waals surface area contributed by atoms with Crippen molar-refractivity contribution in [3.63, 3.8) is 0 Å². The minimum absolute atomic E-state index is 0.0697. The van der Waals surface area contributed by atoms with Gasteiger partial charge in [-0.05, 0) is 37.1 Å². The summed E-state index contributed by atoms with van der Waals surface area (Å²) >= 11 is 6.23. The average Bonchev–Trinajstić information content (AvgIpc) is 3.18. The van der Waals surface area contributed by atoms with Crippen LogP contribution in [0.3, 0.4) is 0 Å². The maximum absolute atomic E-state index is 14.0. The molecule has 0 N–H and O–H groups in total. The Balaban J connectivity index is 1.63. The number of amides is 2. The third-order valence-corrected chi connectivity index (χ3v) is 7.06. The van der Waals surface area contributed by atoms with Crippen LogP contribution >= 0.6 is 11.6 Å². The highest BCUT2D eigenvalue weighted by Crippen LogP contribution is 2.37. The van der Waals surface area contributed by atoms with Crippen LogP contribution < -0.4 is 9.64 Å². The van der Waals surface area contributed by atoms with Crippen LogP contribution in [0.5, 0.6) is 5.75 Å². The topological polar surface area (TPSA) is 62.7 Å². The van der Waals surface area contributed by atoms with E-state index in [9.17, 15) is 9.59 Å². The summed E-state index contributed by atoms with van der Waals surface area (Å²) in [5.74, 6) is 0.258. The highest BCUT2D eigenvalue weighted by Gasteiger charge is 2.38. The maximum Gasteiger partial charge on any atom is 0.273 e. The Morgan fingerprint density at radius 2 is 1.91 bits per heavy atom. The number of halogens is 1. The fourth-order valence-electron chi connectivity index (χ4n) is 5.09. The molecule has 2 aromatic carbocycles. The lowest BCUT2D eigenvalue weighted by Gasteiger charge is -2.30. The molecule has 2 heterocycles. The highest BCUT2D eigenvalue weighted by atomic mass is 35.5. The molecule has 1 aliphatic heterocycles. The lowest BCUT2D eigenvalue weighted by molar-refractivity contribution is 0.0655. The summed E-state index contributed by atoms with van der Waals surface area (Å²) in [6.07, 6.45) is 5.47. The number of para-hydroxylation sites is 1. The average molecular weight is 464 g/mol. The largest absolute Gasteiger partial charge is 0.495 e. The molecule has 5 rings (SSSR count). The van der Waals surface area contributed by atoms with Crippen LogP contribution in [0.4, 0.5) is 5.69 Å². The number of ether oxygens (including phenoxy) is 1. The quantitative estimate of drug-likeness (QED) is 0.515. The molecule has 2 amide bonds. The number of methoxy groups -OCH3 is 1. The van der Waals surface area contributed by atoms with E-state index in [1.165, 1.54) is 6.42 Å². The summed E-state index contributed by atoms with van der Waals surface area (Å²) in [4.78, 5) is 35.5. The molecule has 1 aromatic heterocycles. The molecule has 0 spiro atoms. The van der Waals surface area contributed by atoms with Gasteiger partial charge in [0.05, 0.1) is 23.9 Å². The molecule has 2 aliphatic rings. The number of benzene rings is 2.